The van der Waals surface area contributed by atoms with E-state index in [9.17, 15) is 8.42 Å². The Hall–Kier alpha value is -1.64. The van der Waals surface area contributed by atoms with Crippen LogP contribution in [0.2, 0.25) is 0 Å². The van der Waals surface area contributed by atoms with Crippen LogP contribution in [0.15, 0.2) is 29.6 Å². The Morgan fingerprint density at radius 3 is 2.89 bits per heavy atom. The number of nitrogens with zero attached hydrogens (tertiary/aromatic N) is 2. The average molecular weight is 270 g/mol. The van der Waals surface area contributed by atoms with E-state index in [0.717, 1.165) is 0 Å². The zero-order valence-electron chi connectivity index (χ0n) is 9.79. The second-order valence-electron chi connectivity index (χ2n) is 3.80. The number of hydrogen-bond donors (Lipinski definition) is 3. The van der Waals surface area contributed by atoms with Gasteiger partial charge in [0, 0.05) is 31.3 Å². The molecule has 0 saturated carbocycles. The maximum absolute atomic E-state index is 12.0. The Balaban J connectivity index is 2.14. The molecule has 2 aromatic heterocycles. The van der Waals surface area contributed by atoms with E-state index in [1.165, 1.54) is 12.3 Å². The molecule has 0 atom stereocenters. The molecular weight excluding hydrogens is 256 g/mol. The summed E-state index contributed by atoms with van der Waals surface area (Å²) in [6.07, 6.45) is 4.63. The van der Waals surface area contributed by atoms with Crippen molar-refractivity contribution < 1.29 is 13.5 Å². The van der Waals surface area contributed by atoms with Gasteiger partial charge in [0.1, 0.15) is 5.82 Å². The standard InChI is InChI=1S/C10H14N4O3S/c1-14-6-9(4-8(14)7-15)18(16,17)13-5-10-11-2-3-12-10/h2-4,6,13,15H,5,7H2,1H3,(H,11,12). The zero-order valence-corrected chi connectivity index (χ0v) is 10.6. The van der Waals surface area contributed by atoms with Gasteiger partial charge in [-0.05, 0) is 6.07 Å². The minimum atomic E-state index is -3.59. The number of aromatic amines is 1. The summed E-state index contributed by atoms with van der Waals surface area (Å²) in [5.41, 5.74) is 0.536. The van der Waals surface area contributed by atoms with E-state index >= 15 is 0 Å². The molecule has 0 amide bonds. The minimum Gasteiger partial charge on any atom is -0.390 e. The third-order valence-corrected chi connectivity index (χ3v) is 3.91. The van der Waals surface area contributed by atoms with Crippen LogP contribution in [0.4, 0.5) is 0 Å². The fourth-order valence-electron chi connectivity index (χ4n) is 1.52. The van der Waals surface area contributed by atoms with Crippen LogP contribution in [0.5, 0.6) is 0 Å². The summed E-state index contributed by atoms with van der Waals surface area (Å²) in [6.45, 7) is -0.108. The molecule has 7 nitrogen and oxygen atoms in total. The summed E-state index contributed by atoms with van der Waals surface area (Å²) in [4.78, 5) is 6.86. The summed E-state index contributed by atoms with van der Waals surface area (Å²) in [5, 5.41) is 9.03. The van der Waals surface area contributed by atoms with Crippen LogP contribution in [0.25, 0.3) is 0 Å². The van der Waals surface area contributed by atoms with E-state index in [1.807, 2.05) is 0 Å². The normalized spacial score (nSPS) is 11.9. The summed E-state index contributed by atoms with van der Waals surface area (Å²) in [6, 6.07) is 1.43. The molecule has 0 aliphatic heterocycles. The van der Waals surface area contributed by atoms with Gasteiger partial charge in [0.05, 0.1) is 18.0 Å². The SMILES string of the molecule is Cn1cc(S(=O)(=O)NCc2ncc[nH]2)cc1CO. The van der Waals surface area contributed by atoms with Gasteiger partial charge in [0.2, 0.25) is 10.0 Å². The Kier molecular flexibility index (Phi) is 3.50. The van der Waals surface area contributed by atoms with Gasteiger partial charge in [-0.2, -0.15) is 0 Å². The van der Waals surface area contributed by atoms with Crippen molar-refractivity contribution in [3.05, 3.63) is 36.2 Å². The first-order valence-corrected chi connectivity index (χ1v) is 6.75. The molecule has 0 saturated heterocycles. The highest BCUT2D eigenvalue weighted by molar-refractivity contribution is 7.89. The lowest BCUT2D eigenvalue weighted by atomic mass is 10.5. The number of hydrogen-bond acceptors (Lipinski definition) is 4. The Bertz CT molecular complexity index is 616. The molecule has 8 heteroatoms. The van der Waals surface area contributed by atoms with Crippen LogP contribution < -0.4 is 4.72 Å². The largest absolute Gasteiger partial charge is 0.390 e. The van der Waals surface area contributed by atoms with Crippen molar-refractivity contribution in [3.63, 3.8) is 0 Å². The second-order valence-corrected chi connectivity index (χ2v) is 5.56. The minimum absolute atomic E-state index is 0.0959. The molecular formula is C10H14N4O3S. The highest BCUT2D eigenvalue weighted by Crippen LogP contribution is 2.13. The van der Waals surface area contributed by atoms with Crippen LogP contribution in [0.1, 0.15) is 11.5 Å². The smallest absolute Gasteiger partial charge is 0.242 e. The Labute approximate surface area is 105 Å². The van der Waals surface area contributed by atoms with Gasteiger partial charge in [-0.15, -0.1) is 0 Å². The third-order valence-electron chi connectivity index (χ3n) is 2.54. The molecule has 0 aliphatic rings. The molecule has 18 heavy (non-hydrogen) atoms. The highest BCUT2D eigenvalue weighted by atomic mass is 32.2. The number of aliphatic hydroxyl groups is 1. The monoisotopic (exact) mass is 270 g/mol. The van der Waals surface area contributed by atoms with Crippen LogP contribution in [-0.4, -0.2) is 28.1 Å². The maximum atomic E-state index is 12.0. The first kappa shape index (κ1) is 12.8. The fourth-order valence-corrected chi connectivity index (χ4v) is 2.60. The molecule has 0 spiro atoms. The number of aryl methyl sites for hydroxylation is 1. The van der Waals surface area contributed by atoms with Crippen molar-refractivity contribution in [2.24, 2.45) is 7.05 Å². The summed E-state index contributed by atoms with van der Waals surface area (Å²) < 4.78 is 27.9. The van der Waals surface area contributed by atoms with E-state index in [0.29, 0.717) is 11.5 Å². The molecule has 2 rings (SSSR count). The Morgan fingerprint density at radius 1 is 1.56 bits per heavy atom. The highest BCUT2D eigenvalue weighted by Gasteiger charge is 2.17. The number of rotatable bonds is 5. The predicted molar refractivity (Wildman–Crippen MR) is 63.9 cm³/mol. The van der Waals surface area contributed by atoms with Crippen LogP contribution in [-0.2, 0) is 30.2 Å². The maximum Gasteiger partial charge on any atom is 0.242 e. The molecule has 98 valence electrons. The number of nitrogens with one attached hydrogen (secondary N) is 2. The second kappa shape index (κ2) is 4.92. The molecule has 0 aromatic carbocycles. The summed E-state index contributed by atoms with van der Waals surface area (Å²) >= 11 is 0. The number of aromatic nitrogens is 3. The van der Waals surface area contributed by atoms with Gasteiger partial charge < -0.3 is 14.7 Å². The van der Waals surface area contributed by atoms with Gasteiger partial charge in [0.15, 0.2) is 0 Å². The van der Waals surface area contributed by atoms with Crippen molar-refractivity contribution in [1.82, 2.24) is 19.3 Å². The lowest BCUT2D eigenvalue weighted by Gasteiger charge is -2.02. The Morgan fingerprint density at radius 2 is 2.33 bits per heavy atom. The molecule has 2 heterocycles. The number of sulfonamides is 1. The summed E-state index contributed by atoms with van der Waals surface area (Å²) in [7, 11) is -1.91. The number of imidazole rings is 1. The molecule has 0 aliphatic carbocycles. The number of H-pyrrole nitrogens is 1. The quantitative estimate of drug-likeness (QED) is 0.695. The first-order valence-electron chi connectivity index (χ1n) is 5.27. The van der Waals surface area contributed by atoms with Gasteiger partial charge in [-0.25, -0.2) is 18.1 Å². The fraction of sp³-hybridized carbons (Fsp3) is 0.300. The van der Waals surface area contributed by atoms with Crippen LogP contribution >= 0.6 is 0 Å². The molecule has 0 radical (unpaired) electrons. The lowest BCUT2D eigenvalue weighted by Crippen LogP contribution is -2.23. The van der Waals surface area contributed by atoms with Crippen molar-refractivity contribution in [1.29, 1.82) is 0 Å². The zero-order chi connectivity index (χ0) is 13.2. The van der Waals surface area contributed by atoms with Crippen molar-refractivity contribution in [2.45, 2.75) is 18.0 Å². The van der Waals surface area contributed by atoms with Gasteiger partial charge in [-0.3, -0.25) is 0 Å². The molecule has 0 unspecified atom stereocenters. The molecule has 0 fully saturated rings. The van der Waals surface area contributed by atoms with Crippen molar-refractivity contribution in [3.8, 4) is 0 Å². The van der Waals surface area contributed by atoms with Gasteiger partial charge in [0.25, 0.3) is 0 Å². The first-order chi connectivity index (χ1) is 8.53. The lowest BCUT2D eigenvalue weighted by molar-refractivity contribution is 0.272. The molecule has 2 aromatic rings. The molecule has 3 N–H and O–H groups in total. The third kappa shape index (κ3) is 2.61. The van der Waals surface area contributed by atoms with E-state index in [-0.39, 0.29) is 18.0 Å². The topological polar surface area (TPSA) is 100 Å². The van der Waals surface area contributed by atoms with Crippen LogP contribution in [0, 0.1) is 0 Å². The average Bonchev–Trinajstić information content (AvgIpc) is 2.95. The molecule has 0 bridgehead atoms. The predicted octanol–water partition coefficient (Wildman–Crippen LogP) is -0.281. The van der Waals surface area contributed by atoms with Gasteiger partial charge in [-0.1, -0.05) is 0 Å². The van der Waals surface area contributed by atoms with E-state index < -0.39 is 10.0 Å². The van der Waals surface area contributed by atoms with Gasteiger partial charge >= 0.3 is 0 Å². The van der Waals surface area contributed by atoms with Crippen LogP contribution in [0.3, 0.4) is 0 Å². The van der Waals surface area contributed by atoms with E-state index in [1.54, 1.807) is 24.0 Å². The summed E-state index contributed by atoms with van der Waals surface area (Å²) in [5.74, 6) is 0.539. The van der Waals surface area contributed by atoms with Crippen molar-refractivity contribution in [2.75, 3.05) is 0 Å². The van der Waals surface area contributed by atoms with E-state index in [4.69, 9.17) is 5.11 Å². The number of aliphatic hydroxyl groups excluding tert-OH is 1. The van der Waals surface area contributed by atoms with E-state index in [2.05, 4.69) is 14.7 Å². The van der Waals surface area contributed by atoms with Crippen molar-refractivity contribution >= 4 is 10.0 Å².